The third-order valence-electron chi connectivity index (χ3n) is 8.46. The first-order valence-electron chi connectivity index (χ1n) is 12.6. The third-order valence-corrected chi connectivity index (χ3v) is 9.97. The molecule has 0 aromatic heterocycles. The number of nitrogens with one attached hydrogen (secondary N) is 1. The second kappa shape index (κ2) is 10.6. The van der Waals surface area contributed by atoms with Crippen LogP contribution in [0.5, 0.6) is 0 Å². The first-order chi connectivity index (χ1) is 15.6. The van der Waals surface area contributed by atoms with E-state index in [2.05, 4.69) is 11.4 Å². The molecule has 33 heavy (non-hydrogen) atoms. The Hall–Kier alpha value is -0.480. The van der Waals surface area contributed by atoms with Crippen LogP contribution in [0, 0.1) is 23.7 Å². The quantitative estimate of drug-likeness (QED) is 0.431. The molecular weight excluding hydrogens is 453 g/mol. The highest BCUT2D eigenvalue weighted by molar-refractivity contribution is 8.00. The Balaban J connectivity index is 1.47. The van der Waals surface area contributed by atoms with Crippen molar-refractivity contribution in [2.45, 2.75) is 106 Å². The average Bonchev–Trinajstić information content (AvgIpc) is 2.76. The van der Waals surface area contributed by atoms with Gasteiger partial charge in [0.05, 0.1) is 11.3 Å². The summed E-state index contributed by atoms with van der Waals surface area (Å²) < 4.78 is 41.3. The van der Waals surface area contributed by atoms with Crippen LogP contribution in [0.1, 0.15) is 71.1 Å². The number of hydrogen-bond acceptors (Lipinski definition) is 6. The summed E-state index contributed by atoms with van der Waals surface area (Å²) in [6.07, 6.45) is 2.95. The standard InChI is InChI=1S/C24H39F3N2O3S/c1-14-6-11-19-21(28-14)33-20(12-15-7-9-16(10-8-15)23(31)32)22(30)29(19)13-17-4-2-3-5-18(17)24(25,26)27/h6,15-23,28,30-32H,2-5,7-13H2,1H3/t15?,16?,17?,18?,19?,20?,21-,22?/m0/s1. The fourth-order valence-corrected chi connectivity index (χ4v) is 8.26. The Labute approximate surface area is 199 Å². The van der Waals surface area contributed by atoms with Gasteiger partial charge in [0.25, 0.3) is 0 Å². The molecule has 2 heterocycles. The minimum atomic E-state index is -4.18. The Bertz CT molecular complexity index is 684. The molecular formula is C24H39F3N2O3S. The summed E-state index contributed by atoms with van der Waals surface area (Å²) in [5.41, 5.74) is 1.09. The Morgan fingerprint density at radius 1 is 1.12 bits per heavy atom. The van der Waals surface area contributed by atoms with Gasteiger partial charge in [-0.1, -0.05) is 18.9 Å². The normalized spacial score (nSPS) is 40.8. The Morgan fingerprint density at radius 2 is 1.82 bits per heavy atom. The van der Waals surface area contributed by atoms with Crippen molar-refractivity contribution in [3.63, 3.8) is 0 Å². The zero-order valence-electron chi connectivity index (χ0n) is 19.4. The third kappa shape index (κ3) is 6.02. The molecule has 4 aliphatic rings. The summed E-state index contributed by atoms with van der Waals surface area (Å²) in [5.74, 6) is -1.43. The van der Waals surface area contributed by atoms with Crippen LogP contribution in [0.4, 0.5) is 13.2 Å². The molecule has 1 saturated heterocycles. The molecule has 5 unspecified atom stereocenters. The predicted molar refractivity (Wildman–Crippen MR) is 123 cm³/mol. The van der Waals surface area contributed by atoms with Crippen LogP contribution in [-0.2, 0) is 0 Å². The lowest BCUT2D eigenvalue weighted by atomic mass is 9.77. The van der Waals surface area contributed by atoms with Gasteiger partial charge < -0.3 is 20.6 Å². The van der Waals surface area contributed by atoms with Crippen molar-refractivity contribution in [2.75, 3.05) is 6.54 Å². The van der Waals surface area contributed by atoms with Crippen LogP contribution in [-0.4, -0.2) is 62.1 Å². The lowest BCUT2D eigenvalue weighted by molar-refractivity contribution is -0.201. The summed E-state index contributed by atoms with van der Waals surface area (Å²) in [5, 5.41) is 33.9. The first kappa shape index (κ1) is 25.6. The predicted octanol–water partition coefficient (Wildman–Crippen LogP) is 4.19. The highest BCUT2D eigenvalue weighted by Crippen LogP contribution is 2.46. The van der Waals surface area contributed by atoms with E-state index in [9.17, 15) is 28.5 Å². The number of fused-ring (bicyclic) bond motifs is 1. The number of halogens is 3. The van der Waals surface area contributed by atoms with Gasteiger partial charge in [-0.25, -0.2) is 0 Å². The lowest BCUT2D eigenvalue weighted by Crippen LogP contribution is -2.62. The molecule has 0 bridgehead atoms. The minimum Gasteiger partial charge on any atom is -0.377 e. The lowest BCUT2D eigenvalue weighted by Gasteiger charge is -2.52. The summed E-state index contributed by atoms with van der Waals surface area (Å²) in [6, 6.07) is -0.0129. The zero-order chi connectivity index (χ0) is 23.8. The van der Waals surface area contributed by atoms with Gasteiger partial charge in [0.15, 0.2) is 6.29 Å². The topological polar surface area (TPSA) is 76.0 Å². The van der Waals surface area contributed by atoms with Gasteiger partial charge in [0, 0.05) is 29.5 Å². The number of nitrogens with zero attached hydrogens (tertiary/aromatic N) is 1. The molecule has 3 fully saturated rings. The van der Waals surface area contributed by atoms with E-state index in [1.54, 1.807) is 11.8 Å². The van der Waals surface area contributed by atoms with Gasteiger partial charge in [-0.05, 0) is 70.1 Å². The van der Waals surface area contributed by atoms with Gasteiger partial charge in [0.2, 0.25) is 0 Å². The maximum Gasteiger partial charge on any atom is 0.392 e. The molecule has 5 nitrogen and oxygen atoms in total. The molecule has 0 amide bonds. The van der Waals surface area contributed by atoms with E-state index in [-0.39, 0.29) is 29.0 Å². The number of hydrogen-bond donors (Lipinski definition) is 4. The molecule has 4 rings (SSSR count). The Morgan fingerprint density at radius 3 is 2.48 bits per heavy atom. The second-order valence-corrected chi connectivity index (χ2v) is 12.0. The van der Waals surface area contributed by atoms with Crippen molar-refractivity contribution in [2.24, 2.45) is 23.7 Å². The molecule has 0 spiro atoms. The fraction of sp³-hybridized carbons (Fsp3) is 0.917. The number of aliphatic hydroxyl groups excluding tert-OH is 2. The first-order valence-corrected chi connectivity index (χ1v) is 13.5. The number of rotatable bonds is 5. The largest absolute Gasteiger partial charge is 0.392 e. The number of alkyl halides is 3. The fourth-order valence-electron chi connectivity index (χ4n) is 6.50. The second-order valence-electron chi connectivity index (χ2n) is 10.7. The molecule has 0 radical (unpaired) electrons. The van der Waals surface area contributed by atoms with E-state index in [1.165, 1.54) is 0 Å². The van der Waals surface area contributed by atoms with E-state index in [4.69, 9.17) is 0 Å². The van der Waals surface area contributed by atoms with Crippen molar-refractivity contribution in [1.82, 2.24) is 10.2 Å². The molecule has 6 atom stereocenters. The molecule has 190 valence electrons. The van der Waals surface area contributed by atoms with Gasteiger partial charge in [0.1, 0.15) is 6.23 Å². The smallest absolute Gasteiger partial charge is 0.377 e. The molecule has 9 heteroatoms. The van der Waals surface area contributed by atoms with Crippen molar-refractivity contribution in [1.29, 1.82) is 0 Å². The van der Waals surface area contributed by atoms with Crippen molar-refractivity contribution in [3.05, 3.63) is 11.8 Å². The van der Waals surface area contributed by atoms with Crippen LogP contribution in [0.3, 0.4) is 0 Å². The van der Waals surface area contributed by atoms with Gasteiger partial charge >= 0.3 is 6.18 Å². The van der Waals surface area contributed by atoms with Gasteiger partial charge in [-0.2, -0.15) is 13.2 Å². The monoisotopic (exact) mass is 492 g/mol. The van der Waals surface area contributed by atoms with Crippen LogP contribution in [0.2, 0.25) is 0 Å². The van der Waals surface area contributed by atoms with Crippen LogP contribution in [0.25, 0.3) is 0 Å². The number of thioether (sulfide) groups is 1. The SMILES string of the molecule is CC1=CCC2[C@@H](N1)SC(CC1CCC(C(O)O)CC1)C(O)N2CC1CCCCC1C(F)(F)F. The van der Waals surface area contributed by atoms with Crippen molar-refractivity contribution < 1.29 is 28.5 Å². The zero-order valence-corrected chi connectivity index (χ0v) is 20.2. The van der Waals surface area contributed by atoms with E-state index in [0.717, 1.165) is 50.6 Å². The van der Waals surface area contributed by atoms with Crippen LogP contribution in [0.15, 0.2) is 11.8 Å². The minimum absolute atomic E-state index is 0.0129. The van der Waals surface area contributed by atoms with E-state index in [1.807, 2.05) is 11.8 Å². The summed E-state index contributed by atoms with van der Waals surface area (Å²) >= 11 is 1.74. The molecule has 0 aromatic carbocycles. The highest BCUT2D eigenvalue weighted by Gasteiger charge is 2.49. The molecule has 2 aliphatic heterocycles. The van der Waals surface area contributed by atoms with Gasteiger partial charge in [-0.15, -0.1) is 11.8 Å². The van der Waals surface area contributed by atoms with Crippen LogP contribution < -0.4 is 5.32 Å². The molecule has 2 aliphatic carbocycles. The molecule has 4 N–H and O–H groups in total. The highest BCUT2D eigenvalue weighted by atomic mass is 32.2. The average molecular weight is 493 g/mol. The van der Waals surface area contributed by atoms with Crippen LogP contribution >= 0.6 is 11.8 Å². The maximum atomic E-state index is 13.8. The molecule has 0 aromatic rings. The number of allylic oxidation sites excluding steroid dienone is 1. The summed E-state index contributed by atoms with van der Waals surface area (Å²) in [7, 11) is 0. The summed E-state index contributed by atoms with van der Waals surface area (Å²) in [4.78, 5) is 1.99. The van der Waals surface area contributed by atoms with E-state index < -0.39 is 30.5 Å². The van der Waals surface area contributed by atoms with E-state index >= 15 is 0 Å². The number of aliphatic hydroxyl groups is 3. The van der Waals surface area contributed by atoms with Crippen molar-refractivity contribution in [3.8, 4) is 0 Å². The summed E-state index contributed by atoms with van der Waals surface area (Å²) in [6.45, 7) is 2.31. The van der Waals surface area contributed by atoms with Crippen molar-refractivity contribution >= 4 is 11.8 Å². The molecule has 2 saturated carbocycles. The van der Waals surface area contributed by atoms with Gasteiger partial charge in [-0.3, -0.25) is 4.90 Å². The Kier molecular flexibility index (Phi) is 8.26. The van der Waals surface area contributed by atoms with E-state index in [0.29, 0.717) is 25.3 Å². The maximum absolute atomic E-state index is 13.8.